The Morgan fingerprint density at radius 3 is 2.86 bits per heavy atom. The molecule has 5 heteroatoms. The van der Waals surface area contributed by atoms with Crippen molar-refractivity contribution in [3.8, 4) is 0 Å². The number of unbranched alkanes of at least 4 members (excludes halogenated alkanes) is 2. The molecule has 1 aromatic rings. The van der Waals surface area contributed by atoms with Crippen molar-refractivity contribution in [2.75, 3.05) is 33.4 Å². The molecule has 0 saturated carbocycles. The van der Waals surface area contributed by atoms with Crippen LogP contribution in [0.3, 0.4) is 0 Å². The lowest BCUT2D eigenvalue weighted by Crippen LogP contribution is -2.38. The summed E-state index contributed by atoms with van der Waals surface area (Å²) < 4.78 is 5.04. The molecule has 0 fully saturated rings. The Morgan fingerprint density at radius 2 is 2.14 bits per heavy atom. The quantitative estimate of drug-likeness (QED) is 0.393. The maximum Gasteiger partial charge on any atom is 0.191 e. The van der Waals surface area contributed by atoms with Crippen LogP contribution in [0.1, 0.15) is 31.9 Å². The van der Waals surface area contributed by atoms with Crippen molar-refractivity contribution in [1.29, 1.82) is 0 Å². The number of rotatable bonds is 10. The van der Waals surface area contributed by atoms with Gasteiger partial charge in [0.2, 0.25) is 0 Å². The lowest BCUT2D eigenvalue weighted by atomic mass is 10.2. The Balaban J connectivity index is 2.22. The molecular formula is C16H28N4O. The van der Waals surface area contributed by atoms with Gasteiger partial charge < -0.3 is 15.4 Å². The number of methoxy groups -OCH3 is 1. The van der Waals surface area contributed by atoms with Gasteiger partial charge in [-0.2, -0.15) is 0 Å². The van der Waals surface area contributed by atoms with E-state index in [-0.39, 0.29) is 0 Å². The molecule has 0 spiro atoms. The van der Waals surface area contributed by atoms with E-state index in [0.717, 1.165) is 63.6 Å². The smallest absolute Gasteiger partial charge is 0.191 e. The molecule has 0 unspecified atom stereocenters. The summed E-state index contributed by atoms with van der Waals surface area (Å²) in [4.78, 5) is 8.89. The first kappa shape index (κ1) is 17.4. The monoisotopic (exact) mass is 292 g/mol. The lowest BCUT2D eigenvalue weighted by molar-refractivity contribution is 0.192. The third-order valence-electron chi connectivity index (χ3n) is 3.02. The molecule has 0 aliphatic rings. The first-order valence-corrected chi connectivity index (χ1v) is 7.78. The molecule has 0 saturated heterocycles. The largest absolute Gasteiger partial charge is 0.385 e. The van der Waals surface area contributed by atoms with E-state index in [4.69, 9.17) is 4.74 Å². The number of aromatic nitrogens is 1. The maximum atomic E-state index is 5.04. The Labute approximate surface area is 128 Å². The van der Waals surface area contributed by atoms with Crippen molar-refractivity contribution in [2.45, 2.75) is 32.6 Å². The zero-order valence-corrected chi connectivity index (χ0v) is 13.3. The van der Waals surface area contributed by atoms with Crippen molar-refractivity contribution in [3.63, 3.8) is 0 Å². The number of ether oxygens (including phenoxy) is 1. The number of guanidine groups is 1. The minimum Gasteiger partial charge on any atom is -0.385 e. The van der Waals surface area contributed by atoms with Crippen LogP contribution in [0.25, 0.3) is 0 Å². The Morgan fingerprint density at radius 1 is 1.24 bits per heavy atom. The van der Waals surface area contributed by atoms with E-state index < -0.39 is 0 Å². The molecule has 1 aromatic heterocycles. The summed E-state index contributed by atoms with van der Waals surface area (Å²) in [5.74, 6) is 0.889. The summed E-state index contributed by atoms with van der Waals surface area (Å²) in [5.41, 5.74) is 1.10. The van der Waals surface area contributed by atoms with E-state index >= 15 is 0 Å². The topological polar surface area (TPSA) is 58.5 Å². The van der Waals surface area contributed by atoms with Crippen LogP contribution in [-0.2, 0) is 11.2 Å². The first-order chi connectivity index (χ1) is 10.4. The van der Waals surface area contributed by atoms with Gasteiger partial charge in [0.15, 0.2) is 5.96 Å². The van der Waals surface area contributed by atoms with Gasteiger partial charge in [0.05, 0.1) is 0 Å². The number of pyridine rings is 1. The second-order valence-corrected chi connectivity index (χ2v) is 4.81. The van der Waals surface area contributed by atoms with Gasteiger partial charge in [-0.05, 0) is 38.3 Å². The number of aliphatic imine (C=N–C) groups is 1. The Hall–Kier alpha value is -1.62. The van der Waals surface area contributed by atoms with E-state index in [1.54, 1.807) is 7.11 Å². The van der Waals surface area contributed by atoms with Gasteiger partial charge in [-0.3, -0.25) is 9.98 Å². The van der Waals surface area contributed by atoms with Crippen molar-refractivity contribution in [2.24, 2.45) is 4.99 Å². The summed E-state index contributed by atoms with van der Waals surface area (Å²) in [6, 6.07) is 6.00. The molecule has 0 aliphatic carbocycles. The molecule has 0 aromatic carbocycles. The van der Waals surface area contributed by atoms with Crippen molar-refractivity contribution < 1.29 is 4.74 Å². The van der Waals surface area contributed by atoms with Crippen LogP contribution in [0.5, 0.6) is 0 Å². The van der Waals surface area contributed by atoms with Gasteiger partial charge in [-0.25, -0.2) is 0 Å². The minimum atomic E-state index is 0.839. The van der Waals surface area contributed by atoms with E-state index in [2.05, 4.69) is 27.5 Å². The van der Waals surface area contributed by atoms with Crippen LogP contribution in [0.4, 0.5) is 0 Å². The molecule has 118 valence electrons. The fourth-order valence-corrected chi connectivity index (χ4v) is 1.92. The second-order valence-electron chi connectivity index (χ2n) is 4.81. The highest BCUT2D eigenvalue weighted by Crippen LogP contribution is 1.96. The summed E-state index contributed by atoms with van der Waals surface area (Å²) in [7, 11) is 1.74. The fraction of sp³-hybridized carbons (Fsp3) is 0.625. The van der Waals surface area contributed by atoms with E-state index in [1.807, 2.05) is 24.4 Å². The Bertz CT molecular complexity index is 381. The zero-order chi connectivity index (χ0) is 15.2. The average molecular weight is 292 g/mol. The molecule has 2 N–H and O–H groups in total. The van der Waals surface area contributed by atoms with Crippen molar-refractivity contribution in [3.05, 3.63) is 30.1 Å². The van der Waals surface area contributed by atoms with Crippen LogP contribution >= 0.6 is 0 Å². The summed E-state index contributed by atoms with van der Waals surface area (Å²) in [6.45, 7) is 5.48. The van der Waals surface area contributed by atoms with Crippen molar-refractivity contribution in [1.82, 2.24) is 15.6 Å². The van der Waals surface area contributed by atoms with Crippen LogP contribution in [0, 0.1) is 0 Å². The number of hydrogen-bond donors (Lipinski definition) is 2. The zero-order valence-electron chi connectivity index (χ0n) is 13.3. The number of nitrogens with zero attached hydrogens (tertiary/aromatic N) is 2. The predicted molar refractivity (Wildman–Crippen MR) is 87.6 cm³/mol. The lowest BCUT2D eigenvalue weighted by Gasteiger charge is -2.11. The third-order valence-corrected chi connectivity index (χ3v) is 3.02. The standard InChI is InChI=1S/C16H28N4O/c1-3-17-16(19-12-6-4-8-14-21-2)20-13-10-15-9-5-7-11-18-15/h5,7,9,11H,3-4,6,8,10,12-14H2,1-2H3,(H2,17,19,20). The first-order valence-electron chi connectivity index (χ1n) is 7.78. The normalized spacial score (nSPS) is 11.4. The molecule has 0 bridgehead atoms. The van der Waals surface area contributed by atoms with Gasteiger partial charge in [-0.1, -0.05) is 6.07 Å². The van der Waals surface area contributed by atoms with Crippen molar-refractivity contribution >= 4 is 5.96 Å². The molecule has 1 heterocycles. The molecule has 0 amide bonds. The predicted octanol–water partition coefficient (Wildman–Crippen LogP) is 2.00. The summed E-state index contributed by atoms with van der Waals surface area (Å²) in [5, 5.41) is 6.61. The van der Waals surface area contributed by atoms with Gasteiger partial charge in [0.1, 0.15) is 0 Å². The highest BCUT2D eigenvalue weighted by atomic mass is 16.5. The molecule has 1 rings (SSSR count). The number of nitrogens with one attached hydrogen (secondary N) is 2. The second kappa shape index (κ2) is 12.1. The van der Waals surface area contributed by atoms with Crippen LogP contribution < -0.4 is 10.6 Å². The number of hydrogen-bond acceptors (Lipinski definition) is 3. The highest BCUT2D eigenvalue weighted by molar-refractivity contribution is 5.79. The molecule has 0 aliphatic heterocycles. The van der Waals surface area contributed by atoms with Gasteiger partial charge in [0, 0.05) is 51.7 Å². The van der Waals surface area contributed by atoms with E-state index in [1.165, 1.54) is 0 Å². The minimum absolute atomic E-state index is 0.839. The highest BCUT2D eigenvalue weighted by Gasteiger charge is 1.98. The van der Waals surface area contributed by atoms with Crippen LogP contribution in [0.15, 0.2) is 29.4 Å². The maximum absolute atomic E-state index is 5.04. The van der Waals surface area contributed by atoms with Gasteiger partial charge in [-0.15, -0.1) is 0 Å². The molecule has 0 radical (unpaired) electrons. The summed E-state index contributed by atoms with van der Waals surface area (Å²) in [6.07, 6.45) is 6.09. The molecule has 5 nitrogen and oxygen atoms in total. The molecule has 21 heavy (non-hydrogen) atoms. The fourth-order valence-electron chi connectivity index (χ4n) is 1.92. The molecule has 0 atom stereocenters. The third kappa shape index (κ3) is 9.02. The van der Waals surface area contributed by atoms with E-state index in [0.29, 0.717) is 0 Å². The van der Waals surface area contributed by atoms with Gasteiger partial charge >= 0.3 is 0 Å². The Kier molecular flexibility index (Phi) is 10.1. The van der Waals surface area contributed by atoms with Crippen LogP contribution in [-0.4, -0.2) is 44.3 Å². The van der Waals surface area contributed by atoms with Gasteiger partial charge in [0.25, 0.3) is 0 Å². The average Bonchev–Trinajstić information content (AvgIpc) is 2.51. The molecular weight excluding hydrogens is 264 g/mol. The summed E-state index contributed by atoms with van der Waals surface area (Å²) >= 11 is 0. The van der Waals surface area contributed by atoms with Crippen LogP contribution in [0.2, 0.25) is 0 Å². The SMILES string of the molecule is CCNC(=NCCCCCOC)NCCc1ccccn1. The van der Waals surface area contributed by atoms with E-state index in [9.17, 15) is 0 Å².